The van der Waals surface area contributed by atoms with E-state index in [-0.39, 0.29) is 11.9 Å². The lowest BCUT2D eigenvalue weighted by atomic mass is 10.1. The molecule has 0 aliphatic carbocycles. The predicted octanol–water partition coefficient (Wildman–Crippen LogP) is 3.51. The van der Waals surface area contributed by atoms with Crippen LogP contribution in [0.2, 0.25) is 0 Å². The Morgan fingerprint density at radius 1 is 1.04 bits per heavy atom. The minimum Gasteiger partial charge on any atom is -0.373 e. The van der Waals surface area contributed by atoms with Crippen LogP contribution in [0.15, 0.2) is 54.7 Å². The van der Waals surface area contributed by atoms with Gasteiger partial charge in [0.15, 0.2) is 0 Å². The van der Waals surface area contributed by atoms with Crippen molar-refractivity contribution in [2.75, 3.05) is 23.4 Å². The van der Waals surface area contributed by atoms with Crippen LogP contribution in [-0.2, 0) is 0 Å². The van der Waals surface area contributed by atoms with Crippen LogP contribution >= 0.6 is 0 Å². The molecule has 126 valence electrons. The van der Waals surface area contributed by atoms with Crippen LogP contribution in [0.5, 0.6) is 0 Å². The molecule has 2 aromatic carbocycles. The summed E-state index contributed by atoms with van der Waals surface area (Å²) in [6.45, 7) is 2.99. The van der Waals surface area contributed by atoms with Crippen molar-refractivity contribution in [2.24, 2.45) is 0 Å². The topological polar surface area (TPSA) is 49.3 Å². The number of anilines is 2. The summed E-state index contributed by atoms with van der Waals surface area (Å²) in [5.74, 6) is -0.103. The smallest absolute Gasteiger partial charge is 0.278 e. The highest BCUT2D eigenvalue weighted by Gasteiger charge is 2.30. The number of aromatic nitrogens is 2. The zero-order valence-corrected chi connectivity index (χ0v) is 14.4. The van der Waals surface area contributed by atoms with E-state index < -0.39 is 0 Å². The van der Waals surface area contributed by atoms with Crippen LogP contribution in [0, 0.1) is 0 Å². The van der Waals surface area contributed by atoms with Crippen molar-refractivity contribution in [2.45, 2.75) is 19.4 Å². The number of amides is 1. The molecule has 2 heterocycles. The lowest BCUT2D eigenvalue weighted by Gasteiger charge is -2.28. The summed E-state index contributed by atoms with van der Waals surface area (Å²) in [5, 5.41) is 0. The molecule has 0 N–H and O–H groups in total. The van der Waals surface area contributed by atoms with E-state index in [0.29, 0.717) is 5.69 Å². The molecule has 0 saturated heterocycles. The second-order valence-corrected chi connectivity index (χ2v) is 6.47. The summed E-state index contributed by atoms with van der Waals surface area (Å²) in [6.07, 6.45) is 2.48. The summed E-state index contributed by atoms with van der Waals surface area (Å²) in [6, 6.07) is 15.7. The average molecular weight is 332 g/mol. The van der Waals surface area contributed by atoms with Gasteiger partial charge in [0.05, 0.1) is 28.6 Å². The van der Waals surface area contributed by atoms with Crippen LogP contribution in [-0.4, -0.2) is 35.5 Å². The monoisotopic (exact) mass is 332 g/mol. The first-order chi connectivity index (χ1) is 12.1. The molecule has 1 aliphatic heterocycles. The van der Waals surface area contributed by atoms with E-state index >= 15 is 0 Å². The molecule has 5 heteroatoms. The number of para-hydroxylation sites is 4. The fraction of sp³-hybridized carbons (Fsp3) is 0.250. The molecule has 1 atom stereocenters. The summed E-state index contributed by atoms with van der Waals surface area (Å²) in [4.78, 5) is 26.3. The highest BCUT2D eigenvalue weighted by Crippen LogP contribution is 2.34. The van der Waals surface area contributed by atoms with Gasteiger partial charge in [-0.15, -0.1) is 0 Å². The van der Waals surface area contributed by atoms with Gasteiger partial charge in [-0.05, 0) is 37.6 Å². The molecule has 0 fully saturated rings. The van der Waals surface area contributed by atoms with Gasteiger partial charge in [-0.3, -0.25) is 9.78 Å². The molecule has 0 radical (unpaired) electrons. The Balaban J connectivity index is 1.80. The van der Waals surface area contributed by atoms with Crippen LogP contribution in [0.3, 0.4) is 0 Å². The Morgan fingerprint density at radius 3 is 2.52 bits per heavy atom. The van der Waals surface area contributed by atoms with Gasteiger partial charge < -0.3 is 9.80 Å². The quantitative estimate of drug-likeness (QED) is 0.684. The SMILES string of the molecule is CC1CCN(C)c2ccccc2N1C(=O)c1cnc2ccccc2n1. The first kappa shape index (κ1) is 15.6. The zero-order valence-electron chi connectivity index (χ0n) is 14.4. The van der Waals surface area contributed by atoms with Crippen molar-refractivity contribution in [3.63, 3.8) is 0 Å². The number of hydrogen-bond acceptors (Lipinski definition) is 4. The molecule has 0 spiro atoms. The summed E-state index contributed by atoms with van der Waals surface area (Å²) in [7, 11) is 2.06. The maximum absolute atomic E-state index is 13.3. The standard InChI is InChI=1S/C20H20N4O/c1-14-11-12-23(2)18-9-5-6-10-19(18)24(14)20(25)17-13-21-15-7-3-4-8-16(15)22-17/h3-10,13-14H,11-12H2,1-2H3. The highest BCUT2D eigenvalue weighted by atomic mass is 16.2. The number of rotatable bonds is 1. The van der Waals surface area contributed by atoms with Crippen LogP contribution in [0.4, 0.5) is 11.4 Å². The first-order valence-corrected chi connectivity index (χ1v) is 8.50. The number of hydrogen-bond donors (Lipinski definition) is 0. The zero-order chi connectivity index (χ0) is 17.4. The van der Waals surface area contributed by atoms with E-state index in [1.165, 1.54) is 0 Å². The molecule has 4 rings (SSSR count). The number of benzene rings is 2. The number of carbonyl (C=O) groups is 1. The second-order valence-electron chi connectivity index (χ2n) is 6.47. The van der Waals surface area contributed by atoms with Crippen molar-refractivity contribution >= 4 is 28.3 Å². The van der Waals surface area contributed by atoms with E-state index in [0.717, 1.165) is 35.4 Å². The number of nitrogens with zero attached hydrogens (tertiary/aromatic N) is 4. The van der Waals surface area contributed by atoms with Gasteiger partial charge in [0.2, 0.25) is 0 Å². The lowest BCUT2D eigenvalue weighted by molar-refractivity contribution is 0.0973. The minimum absolute atomic E-state index is 0.0897. The van der Waals surface area contributed by atoms with E-state index in [4.69, 9.17) is 0 Å². The molecular formula is C20H20N4O. The third-order valence-corrected chi connectivity index (χ3v) is 4.76. The maximum Gasteiger partial charge on any atom is 0.278 e. The largest absolute Gasteiger partial charge is 0.373 e. The molecule has 3 aromatic rings. The molecular weight excluding hydrogens is 312 g/mol. The third-order valence-electron chi connectivity index (χ3n) is 4.76. The van der Waals surface area contributed by atoms with Crippen molar-refractivity contribution < 1.29 is 4.79 Å². The normalized spacial score (nSPS) is 17.3. The minimum atomic E-state index is -0.103. The molecule has 5 nitrogen and oxygen atoms in total. The Kier molecular flexibility index (Phi) is 3.84. The third kappa shape index (κ3) is 2.71. The summed E-state index contributed by atoms with van der Waals surface area (Å²) < 4.78 is 0. The molecule has 1 aromatic heterocycles. The number of carbonyl (C=O) groups excluding carboxylic acids is 1. The van der Waals surface area contributed by atoms with Crippen LogP contribution < -0.4 is 9.80 Å². The van der Waals surface area contributed by atoms with Crippen LogP contribution in [0.25, 0.3) is 11.0 Å². The Hall–Kier alpha value is -2.95. The van der Waals surface area contributed by atoms with Gasteiger partial charge >= 0.3 is 0 Å². The summed E-state index contributed by atoms with van der Waals surface area (Å²) in [5.41, 5.74) is 3.90. The van der Waals surface area contributed by atoms with Gasteiger partial charge in [0.25, 0.3) is 5.91 Å². The fourth-order valence-corrected chi connectivity index (χ4v) is 3.35. The molecule has 1 aliphatic rings. The molecule has 25 heavy (non-hydrogen) atoms. The lowest BCUT2D eigenvalue weighted by Crippen LogP contribution is -2.39. The van der Waals surface area contributed by atoms with Crippen molar-refractivity contribution in [1.29, 1.82) is 0 Å². The Labute approximate surface area is 146 Å². The van der Waals surface area contributed by atoms with Crippen molar-refractivity contribution in [3.05, 3.63) is 60.4 Å². The highest BCUT2D eigenvalue weighted by molar-refractivity contribution is 6.07. The van der Waals surface area contributed by atoms with Gasteiger partial charge in [-0.2, -0.15) is 0 Å². The molecule has 0 saturated carbocycles. The average Bonchev–Trinajstić information content (AvgIpc) is 2.78. The second kappa shape index (κ2) is 6.16. The Morgan fingerprint density at radius 2 is 1.72 bits per heavy atom. The Bertz CT molecular complexity index is 940. The van der Waals surface area contributed by atoms with Crippen LogP contribution in [0.1, 0.15) is 23.8 Å². The van der Waals surface area contributed by atoms with E-state index in [1.807, 2.05) is 47.4 Å². The van der Waals surface area contributed by atoms with E-state index in [2.05, 4.69) is 34.9 Å². The van der Waals surface area contributed by atoms with Gasteiger partial charge in [-0.1, -0.05) is 24.3 Å². The van der Waals surface area contributed by atoms with Crippen molar-refractivity contribution in [3.8, 4) is 0 Å². The van der Waals surface area contributed by atoms with E-state index in [9.17, 15) is 4.79 Å². The maximum atomic E-state index is 13.3. The molecule has 1 amide bonds. The molecule has 1 unspecified atom stereocenters. The number of fused-ring (bicyclic) bond motifs is 2. The van der Waals surface area contributed by atoms with Gasteiger partial charge in [0.1, 0.15) is 5.69 Å². The fourth-order valence-electron chi connectivity index (χ4n) is 3.35. The van der Waals surface area contributed by atoms with E-state index in [1.54, 1.807) is 6.20 Å². The predicted molar refractivity (Wildman–Crippen MR) is 100 cm³/mol. The first-order valence-electron chi connectivity index (χ1n) is 8.50. The van der Waals surface area contributed by atoms with Gasteiger partial charge in [0, 0.05) is 19.6 Å². The van der Waals surface area contributed by atoms with Crippen molar-refractivity contribution in [1.82, 2.24) is 9.97 Å². The molecule has 0 bridgehead atoms. The summed E-state index contributed by atoms with van der Waals surface area (Å²) >= 11 is 0. The van der Waals surface area contributed by atoms with Gasteiger partial charge in [-0.25, -0.2) is 4.98 Å².